The number of carbonyl (C=O) groups excluding carboxylic acids is 1. The van der Waals surface area contributed by atoms with Crippen LogP contribution in [0.15, 0.2) is 18.2 Å². The van der Waals surface area contributed by atoms with Crippen LogP contribution >= 0.6 is 21.6 Å². The van der Waals surface area contributed by atoms with Crippen LogP contribution in [0.4, 0.5) is 0 Å². The van der Waals surface area contributed by atoms with Crippen LogP contribution in [0.3, 0.4) is 0 Å². The number of aliphatic hydroxyl groups is 3. The highest BCUT2D eigenvalue weighted by molar-refractivity contribution is 8.76. The first-order chi connectivity index (χ1) is 21.0. The summed E-state index contributed by atoms with van der Waals surface area (Å²) in [5.74, 6) is -0.0647. The molecule has 2 aromatic carbocycles. The number of aromatic carboxylic acids is 1. The van der Waals surface area contributed by atoms with Gasteiger partial charge in [-0.2, -0.15) is 0 Å². The summed E-state index contributed by atoms with van der Waals surface area (Å²) in [4.78, 5) is 24.3. The molecule has 5 rings (SSSR count). The second-order valence-electron chi connectivity index (χ2n) is 12.0. The summed E-state index contributed by atoms with van der Waals surface area (Å²) < 4.78 is 24.2. The minimum absolute atomic E-state index is 0.0461. The molecule has 0 radical (unpaired) electrons. The Morgan fingerprint density at radius 3 is 2.64 bits per heavy atom. The third kappa shape index (κ3) is 6.30. The zero-order chi connectivity index (χ0) is 31.8. The molecule has 242 valence electrons. The largest absolute Gasteiger partial charge is 0.506 e. The van der Waals surface area contributed by atoms with Crippen molar-refractivity contribution in [3.05, 3.63) is 34.9 Å². The summed E-state index contributed by atoms with van der Waals surface area (Å²) in [6, 6.07) is 4.07. The third-order valence-corrected chi connectivity index (χ3v) is 11.5. The number of carboxylic acids is 1. The highest BCUT2D eigenvalue weighted by Gasteiger charge is 2.57. The van der Waals surface area contributed by atoms with Crippen LogP contribution < -0.4 is 4.74 Å². The van der Waals surface area contributed by atoms with Crippen molar-refractivity contribution in [3.8, 4) is 11.5 Å². The van der Waals surface area contributed by atoms with Gasteiger partial charge in [-0.3, -0.25) is 4.79 Å². The number of phenols is 1. The first-order valence-electron chi connectivity index (χ1n) is 14.8. The molecule has 8 atom stereocenters. The molecule has 2 aromatic rings. The maximum absolute atomic E-state index is 12.3. The molecule has 0 aromatic heterocycles. The van der Waals surface area contributed by atoms with Gasteiger partial charge in [-0.05, 0) is 73.9 Å². The van der Waals surface area contributed by atoms with E-state index >= 15 is 0 Å². The predicted molar refractivity (Wildman–Crippen MR) is 165 cm³/mol. The minimum atomic E-state index is -1.67. The number of aromatic hydroxyl groups is 1. The van der Waals surface area contributed by atoms with E-state index in [0.717, 1.165) is 18.2 Å². The van der Waals surface area contributed by atoms with Crippen molar-refractivity contribution < 1.29 is 54.1 Å². The molecule has 1 spiro atoms. The molecule has 0 amide bonds. The van der Waals surface area contributed by atoms with E-state index < -0.39 is 54.3 Å². The first kappa shape index (κ1) is 33.3. The third-order valence-electron chi connectivity index (χ3n) is 9.32. The minimum Gasteiger partial charge on any atom is -0.506 e. The Kier molecular flexibility index (Phi) is 10.4. The van der Waals surface area contributed by atoms with E-state index in [9.17, 15) is 35.1 Å². The van der Waals surface area contributed by atoms with Crippen molar-refractivity contribution in [3.63, 3.8) is 0 Å². The van der Waals surface area contributed by atoms with Crippen LogP contribution in [0.2, 0.25) is 0 Å². The van der Waals surface area contributed by atoms with Gasteiger partial charge in [0.1, 0.15) is 41.4 Å². The highest BCUT2D eigenvalue weighted by Crippen LogP contribution is 2.45. The number of carboxylic acid groups (broad SMARTS) is 1. The molecule has 3 saturated heterocycles. The smallest absolute Gasteiger partial charge is 0.335 e. The Morgan fingerprint density at radius 2 is 1.93 bits per heavy atom. The average molecular weight is 653 g/mol. The number of fused-ring (bicyclic) bond motifs is 2. The molecule has 44 heavy (non-hydrogen) atoms. The number of Topliss-reactive ketones (excluding diaryl/α,β-unsaturated/α-hetero) is 1. The van der Waals surface area contributed by atoms with E-state index in [4.69, 9.17) is 18.9 Å². The molecule has 0 aliphatic carbocycles. The van der Waals surface area contributed by atoms with E-state index in [1.54, 1.807) is 23.8 Å². The summed E-state index contributed by atoms with van der Waals surface area (Å²) in [7, 11) is 3.15. The number of ketones is 1. The lowest BCUT2D eigenvalue weighted by Gasteiger charge is -2.50. The first-order valence-corrected chi connectivity index (χ1v) is 17.3. The van der Waals surface area contributed by atoms with Gasteiger partial charge in [-0.15, -0.1) is 0 Å². The molecule has 0 bridgehead atoms. The fourth-order valence-electron chi connectivity index (χ4n) is 6.95. The molecule has 13 heteroatoms. The van der Waals surface area contributed by atoms with E-state index in [0.29, 0.717) is 48.8 Å². The van der Waals surface area contributed by atoms with E-state index in [1.807, 2.05) is 0 Å². The van der Waals surface area contributed by atoms with Crippen LogP contribution in [0.1, 0.15) is 59.4 Å². The number of carbonyl (C=O) groups is 2. The number of benzene rings is 2. The van der Waals surface area contributed by atoms with Crippen LogP contribution in [0, 0.1) is 24.7 Å². The van der Waals surface area contributed by atoms with Crippen molar-refractivity contribution in [1.29, 1.82) is 0 Å². The molecule has 8 unspecified atom stereocenters. The van der Waals surface area contributed by atoms with E-state index in [2.05, 4.69) is 6.92 Å². The second kappa shape index (κ2) is 13.7. The number of hydrogen-bond donors (Lipinski definition) is 5. The van der Waals surface area contributed by atoms with Crippen molar-refractivity contribution in [2.45, 2.75) is 70.2 Å². The lowest BCUT2D eigenvalue weighted by Crippen LogP contribution is -2.69. The van der Waals surface area contributed by atoms with Crippen LogP contribution in [0.5, 0.6) is 11.5 Å². The molecular weight excluding hydrogens is 612 g/mol. The lowest BCUT2D eigenvalue weighted by molar-refractivity contribution is -0.322. The Morgan fingerprint density at radius 1 is 1.16 bits per heavy atom. The summed E-state index contributed by atoms with van der Waals surface area (Å²) in [6.07, 6.45) is -3.99. The van der Waals surface area contributed by atoms with Crippen molar-refractivity contribution in [2.24, 2.45) is 17.8 Å². The normalized spacial score (nSPS) is 33.4. The Balaban J connectivity index is 1.48. The molecule has 3 heterocycles. The van der Waals surface area contributed by atoms with Gasteiger partial charge < -0.3 is 44.5 Å². The predicted octanol–water partition coefficient (Wildman–Crippen LogP) is 3.75. The van der Waals surface area contributed by atoms with Gasteiger partial charge in [0.15, 0.2) is 5.78 Å². The quantitative estimate of drug-likeness (QED) is 0.234. The van der Waals surface area contributed by atoms with Crippen molar-refractivity contribution in [2.75, 3.05) is 31.5 Å². The van der Waals surface area contributed by atoms with E-state index in [1.165, 1.54) is 23.8 Å². The summed E-state index contributed by atoms with van der Waals surface area (Å²) in [5, 5.41) is 54.8. The molecule has 5 N–H and O–H groups in total. The van der Waals surface area contributed by atoms with Crippen molar-refractivity contribution >= 4 is 44.1 Å². The second-order valence-corrected chi connectivity index (χ2v) is 14.5. The number of aliphatic hydroxyl groups excluding tert-OH is 3. The lowest BCUT2D eigenvalue weighted by atomic mass is 9.74. The number of hydrogen-bond acceptors (Lipinski definition) is 12. The Bertz CT molecular complexity index is 1380. The summed E-state index contributed by atoms with van der Waals surface area (Å²) >= 11 is 0. The molecule has 11 nitrogen and oxygen atoms in total. The van der Waals surface area contributed by atoms with Gasteiger partial charge in [0.25, 0.3) is 0 Å². The zero-order valence-corrected chi connectivity index (χ0v) is 26.6. The standard InChI is InChI=1S/C31H40O11S2/c1-15-4-6-31(40-14-44-43-13-20-12-39-7-5-21(15)20)23(11-32)42-30(27(35)28(31)36)41-22-10-19(29(37)38)9-18-8-16(2)24(17(3)33)26(34)25(18)22/h8-10,15,20-21,23,27-28,30,32,34-36H,4-7,11-14H2,1-3H3,(H,37,38). The van der Waals surface area contributed by atoms with Gasteiger partial charge in [-0.1, -0.05) is 34.6 Å². The average Bonchev–Trinajstić information content (AvgIpc) is 3.01. The van der Waals surface area contributed by atoms with Crippen molar-refractivity contribution in [1.82, 2.24) is 0 Å². The van der Waals surface area contributed by atoms with Crippen LogP contribution in [-0.4, -0.2) is 99.0 Å². The number of phenolic OH excluding ortho intramolecular Hbond substituents is 1. The fraction of sp³-hybridized carbons (Fsp3) is 0.613. The maximum atomic E-state index is 12.3. The van der Waals surface area contributed by atoms with Gasteiger partial charge in [-0.25, -0.2) is 4.79 Å². The maximum Gasteiger partial charge on any atom is 0.335 e. The topological polar surface area (TPSA) is 172 Å². The Labute approximate surface area is 263 Å². The molecule has 0 saturated carbocycles. The van der Waals surface area contributed by atoms with Gasteiger partial charge in [0.05, 0.1) is 29.7 Å². The monoisotopic (exact) mass is 652 g/mol. The summed E-state index contributed by atoms with van der Waals surface area (Å²) in [5.41, 5.74) is -1.12. The van der Waals surface area contributed by atoms with Gasteiger partial charge in [0, 0.05) is 12.4 Å². The molecule has 3 aliphatic heterocycles. The van der Waals surface area contributed by atoms with Gasteiger partial charge >= 0.3 is 5.97 Å². The fourth-order valence-corrected chi connectivity index (χ4v) is 9.06. The zero-order valence-electron chi connectivity index (χ0n) is 24.9. The highest BCUT2D eigenvalue weighted by atomic mass is 33.1. The SMILES string of the molecule is CC(=O)c1c(C)cc2cc(C(=O)O)cc(OC3OC(CO)C4(CCC(C)C5CCOCC5CSSCO4)C(O)C3O)c2c1O. The molecular formula is C31H40O11S2. The number of rotatable bonds is 5. The Hall–Kier alpha value is -2.10. The number of aryl methyl sites for hydroxylation is 1. The van der Waals surface area contributed by atoms with Crippen LogP contribution in [0.25, 0.3) is 10.8 Å². The van der Waals surface area contributed by atoms with Gasteiger partial charge in [0.2, 0.25) is 6.29 Å². The number of ether oxygens (including phenoxy) is 4. The van der Waals surface area contributed by atoms with E-state index in [-0.39, 0.29) is 34.1 Å². The molecule has 3 aliphatic rings. The molecule has 3 fully saturated rings. The summed E-state index contributed by atoms with van der Waals surface area (Å²) in [6.45, 7) is 5.96. The van der Waals surface area contributed by atoms with Crippen LogP contribution in [-0.2, 0) is 14.2 Å².